The van der Waals surface area contributed by atoms with Crippen LogP contribution < -0.4 is 11.1 Å². The number of hydrogen-bond donors (Lipinski definition) is 2. The van der Waals surface area contributed by atoms with Crippen LogP contribution in [-0.2, 0) is 32.0 Å². The van der Waals surface area contributed by atoms with Crippen LogP contribution in [0.2, 0.25) is 0 Å². The van der Waals surface area contributed by atoms with E-state index in [9.17, 15) is 19.2 Å². The van der Waals surface area contributed by atoms with Crippen molar-refractivity contribution < 1.29 is 37.8 Å². The Bertz CT molecular complexity index is 1460. The SMILES string of the molecule is CC(C)(C)OC(=O)NCCC[C@@H](N)C(=O)N(C(=O)OC(C)(C)C)[C@H](CCc1ccccc1)c1nc(C(=O)OCc2ccccc2)co1. The molecule has 12 heteroatoms. The fourth-order valence-electron chi connectivity index (χ4n) is 4.45. The standard InChI is InChI=1S/C35H46N4O8/c1-34(2,3)46-32(42)37-21-13-18-26(36)30(40)39(33(43)47-35(4,5)6)28(20-19-24-14-9-7-10-15-24)29-38-27(23-44-29)31(41)45-22-25-16-11-8-12-17-25/h7-12,14-17,23,26,28H,13,18-22,36H2,1-6H3,(H,37,42)/t26-,28-/m1/s1. The number of benzene rings is 2. The molecule has 3 aromatic rings. The van der Waals surface area contributed by atoms with Gasteiger partial charge in [-0.1, -0.05) is 60.7 Å². The Morgan fingerprint density at radius 3 is 2.06 bits per heavy atom. The third-order valence-electron chi connectivity index (χ3n) is 6.59. The summed E-state index contributed by atoms with van der Waals surface area (Å²) in [7, 11) is 0. The fourth-order valence-corrected chi connectivity index (χ4v) is 4.45. The highest BCUT2D eigenvalue weighted by Crippen LogP contribution is 2.29. The van der Waals surface area contributed by atoms with Gasteiger partial charge in [-0.05, 0) is 78.4 Å². The van der Waals surface area contributed by atoms with E-state index in [1.54, 1.807) is 41.5 Å². The number of rotatable bonds is 13. The number of alkyl carbamates (subject to hydrolysis) is 1. The lowest BCUT2D eigenvalue weighted by molar-refractivity contribution is -0.134. The van der Waals surface area contributed by atoms with Crippen LogP contribution in [0.3, 0.4) is 0 Å². The molecule has 0 bridgehead atoms. The number of hydrogen-bond acceptors (Lipinski definition) is 10. The molecule has 47 heavy (non-hydrogen) atoms. The average molecular weight is 651 g/mol. The average Bonchev–Trinajstić information content (AvgIpc) is 3.49. The molecule has 0 unspecified atom stereocenters. The van der Waals surface area contributed by atoms with E-state index in [0.717, 1.165) is 22.3 Å². The van der Waals surface area contributed by atoms with E-state index < -0.39 is 47.3 Å². The number of nitrogens with one attached hydrogen (secondary N) is 1. The predicted octanol–water partition coefficient (Wildman–Crippen LogP) is 6.10. The van der Waals surface area contributed by atoms with Gasteiger partial charge in [-0.2, -0.15) is 0 Å². The number of nitrogens with two attached hydrogens (primary N) is 1. The number of nitrogens with zero attached hydrogens (tertiary/aromatic N) is 2. The highest BCUT2D eigenvalue weighted by Gasteiger charge is 2.39. The first kappa shape index (κ1) is 36.8. The zero-order chi connectivity index (χ0) is 34.6. The van der Waals surface area contributed by atoms with Gasteiger partial charge in [-0.3, -0.25) is 4.79 Å². The van der Waals surface area contributed by atoms with Crippen LogP contribution in [0.1, 0.15) is 94.4 Å². The summed E-state index contributed by atoms with van der Waals surface area (Å²) < 4.78 is 22.0. The molecule has 0 saturated carbocycles. The lowest BCUT2D eigenvalue weighted by atomic mass is 10.0. The molecular weight excluding hydrogens is 604 g/mol. The second-order valence-electron chi connectivity index (χ2n) is 13.0. The summed E-state index contributed by atoms with van der Waals surface area (Å²) in [5, 5.41) is 2.64. The van der Waals surface area contributed by atoms with Gasteiger partial charge in [0.1, 0.15) is 30.1 Å². The van der Waals surface area contributed by atoms with E-state index in [1.165, 1.54) is 0 Å². The van der Waals surface area contributed by atoms with Crippen LogP contribution in [0.25, 0.3) is 0 Å². The molecule has 3 N–H and O–H groups in total. The van der Waals surface area contributed by atoms with E-state index in [1.807, 2.05) is 60.7 Å². The number of carbonyl (C=O) groups excluding carboxylic acids is 4. The molecule has 0 aliphatic heterocycles. The van der Waals surface area contributed by atoms with Gasteiger partial charge in [0.2, 0.25) is 11.8 Å². The van der Waals surface area contributed by atoms with Crippen LogP contribution in [-0.4, -0.2) is 57.7 Å². The first-order valence-electron chi connectivity index (χ1n) is 15.6. The van der Waals surface area contributed by atoms with Gasteiger partial charge < -0.3 is 29.7 Å². The van der Waals surface area contributed by atoms with E-state index >= 15 is 0 Å². The largest absolute Gasteiger partial charge is 0.456 e. The van der Waals surface area contributed by atoms with E-state index in [0.29, 0.717) is 12.8 Å². The Morgan fingerprint density at radius 1 is 0.872 bits per heavy atom. The maximum atomic E-state index is 13.9. The highest BCUT2D eigenvalue weighted by molar-refractivity contribution is 5.95. The molecule has 1 heterocycles. The summed E-state index contributed by atoms with van der Waals surface area (Å²) in [5.74, 6) is -1.50. The number of amides is 3. The number of esters is 1. The summed E-state index contributed by atoms with van der Waals surface area (Å²) in [4.78, 5) is 57.8. The lowest BCUT2D eigenvalue weighted by Gasteiger charge is -2.32. The van der Waals surface area contributed by atoms with Crippen molar-refractivity contribution in [2.24, 2.45) is 5.73 Å². The van der Waals surface area contributed by atoms with Gasteiger partial charge >= 0.3 is 18.2 Å². The van der Waals surface area contributed by atoms with Crippen LogP contribution in [0.15, 0.2) is 71.3 Å². The van der Waals surface area contributed by atoms with Crippen molar-refractivity contribution in [3.63, 3.8) is 0 Å². The highest BCUT2D eigenvalue weighted by atomic mass is 16.6. The molecule has 0 spiro atoms. The van der Waals surface area contributed by atoms with Crippen molar-refractivity contribution in [2.75, 3.05) is 6.54 Å². The summed E-state index contributed by atoms with van der Waals surface area (Å²) in [6.07, 6.45) is 0.717. The minimum absolute atomic E-state index is 0.0272. The Kier molecular flexibility index (Phi) is 13.1. The van der Waals surface area contributed by atoms with E-state index in [2.05, 4.69) is 10.3 Å². The monoisotopic (exact) mass is 650 g/mol. The predicted molar refractivity (Wildman–Crippen MR) is 174 cm³/mol. The second kappa shape index (κ2) is 16.7. The molecule has 254 valence electrons. The van der Waals surface area contributed by atoms with Gasteiger partial charge in [0, 0.05) is 6.54 Å². The molecule has 0 aliphatic carbocycles. The van der Waals surface area contributed by atoms with Gasteiger partial charge in [-0.15, -0.1) is 0 Å². The van der Waals surface area contributed by atoms with Crippen LogP contribution in [0.4, 0.5) is 9.59 Å². The molecule has 0 radical (unpaired) electrons. The number of ether oxygens (including phenoxy) is 3. The molecular formula is C35H46N4O8. The number of aromatic nitrogens is 1. The number of imide groups is 1. The van der Waals surface area contributed by atoms with Crippen molar-refractivity contribution in [1.82, 2.24) is 15.2 Å². The quantitative estimate of drug-likeness (QED) is 0.125. The summed E-state index contributed by atoms with van der Waals surface area (Å²) in [6, 6.07) is 16.5. The molecule has 0 aliphatic rings. The minimum atomic E-state index is -1.13. The van der Waals surface area contributed by atoms with Crippen LogP contribution in [0.5, 0.6) is 0 Å². The van der Waals surface area contributed by atoms with Crippen molar-refractivity contribution in [3.8, 4) is 0 Å². The molecule has 2 aromatic carbocycles. The normalized spacial score (nSPS) is 12.8. The Labute approximate surface area is 275 Å². The summed E-state index contributed by atoms with van der Waals surface area (Å²) in [6.45, 7) is 10.5. The van der Waals surface area contributed by atoms with Gasteiger partial charge in [0.15, 0.2) is 5.69 Å². The number of carbonyl (C=O) groups is 4. The molecule has 12 nitrogen and oxygen atoms in total. The third-order valence-corrected chi connectivity index (χ3v) is 6.59. The topological polar surface area (TPSA) is 163 Å². The van der Waals surface area contributed by atoms with Crippen LogP contribution >= 0.6 is 0 Å². The number of aryl methyl sites for hydroxylation is 1. The Balaban J connectivity index is 1.85. The minimum Gasteiger partial charge on any atom is -0.456 e. The maximum absolute atomic E-state index is 13.9. The zero-order valence-corrected chi connectivity index (χ0v) is 28.0. The zero-order valence-electron chi connectivity index (χ0n) is 28.0. The van der Waals surface area contributed by atoms with Gasteiger partial charge in [0.05, 0.1) is 6.04 Å². The summed E-state index contributed by atoms with van der Waals surface area (Å²) >= 11 is 0. The van der Waals surface area contributed by atoms with Crippen molar-refractivity contribution >= 4 is 24.1 Å². The maximum Gasteiger partial charge on any atom is 0.417 e. The molecule has 0 fully saturated rings. The lowest BCUT2D eigenvalue weighted by Crippen LogP contribution is -2.50. The van der Waals surface area contributed by atoms with E-state index in [4.69, 9.17) is 24.4 Å². The molecule has 3 amide bonds. The smallest absolute Gasteiger partial charge is 0.417 e. The van der Waals surface area contributed by atoms with Crippen molar-refractivity contribution in [3.05, 3.63) is 89.6 Å². The van der Waals surface area contributed by atoms with Gasteiger partial charge in [-0.25, -0.2) is 24.3 Å². The first-order valence-corrected chi connectivity index (χ1v) is 15.6. The Hall–Kier alpha value is -4.71. The van der Waals surface area contributed by atoms with Crippen LogP contribution in [0, 0.1) is 0 Å². The fraction of sp³-hybridized carbons (Fsp3) is 0.457. The molecule has 2 atom stereocenters. The molecule has 0 saturated heterocycles. The van der Waals surface area contributed by atoms with Gasteiger partial charge in [0.25, 0.3) is 0 Å². The second-order valence-corrected chi connectivity index (χ2v) is 13.0. The Morgan fingerprint density at radius 2 is 1.47 bits per heavy atom. The summed E-state index contributed by atoms with van der Waals surface area (Å²) in [5.41, 5.74) is 6.37. The number of oxazole rings is 1. The molecule has 1 aromatic heterocycles. The molecule has 3 rings (SSSR count). The van der Waals surface area contributed by atoms with E-state index in [-0.39, 0.29) is 37.6 Å². The first-order chi connectivity index (χ1) is 22.1. The van der Waals surface area contributed by atoms with Crippen molar-refractivity contribution in [1.29, 1.82) is 0 Å². The third kappa shape index (κ3) is 12.5. The van der Waals surface area contributed by atoms with Crippen molar-refractivity contribution in [2.45, 2.75) is 97.1 Å².